The van der Waals surface area contributed by atoms with Crippen molar-refractivity contribution in [1.29, 1.82) is 0 Å². The van der Waals surface area contributed by atoms with Crippen LogP contribution in [0.4, 0.5) is 23.9 Å². The molecule has 7 nitrogen and oxygen atoms in total. The Morgan fingerprint density at radius 1 is 1.32 bits per heavy atom. The first-order valence-electron chi connectivity index (χ1n) is 7.87. The van der Waals surface area contributed by atoms with E-state index in [4.69, 9.17) is 33.7 Å². The maximum atomic E-state index is 12.4. The zero-order chi connectivity index (χ0) is 20.6. The third-order valence-electron chi connectivity index (χ3n) is 4.00. The molecule has 0 saturated carbocycles. The van der Waals surface area contributed by atoms with E-state index >= 15 is 0 Å². The fraction of sp³-hybridized carbons (Fsp3) is 0.312. The highest BCUT2D eigenvalue weighted by Gasteiger charge is 2.33. The molecule has 0 unspecified atom stereocenters. The predicted octanol–water partition coefficient (Wildman–Crippen LogP) is 3.63. The second-order valence-electron chi connectivity index (χ2n) is 5.95. The lowest BCUT2D eigenvalue weighted by atomic mass is 10.0. The van der Waals surface area contributed by atoms with Crippen LogP contribution in [0.3, 0.4) is 0 Å². The lowest BCUT2D eigenvalue weighted by molar-refractivity contribution is -0.123. The number of fused-ring (bicyclic) bond motifs is 1. The van der Waals surface area contributed by atoms with Gasteiger partial charge in [0.05, 0.1) is 42.2 Å². The first-order valence-corrected chi connectivity index (χ1v) is 8.63. The Kier molecular flexibility index (Phi) is 5.44. The Labute approximate surface area is 167 Å². The van der Waals surface area contributed by atoms with Gasteiger partial charge in [-0.05, 0) is 12.1 Å². The van der Waals surface area contributed by atoms with E-state index in [1.54, 1.807) is 0 Å². The monoisotopic (exact) mass is 435 g/mol. The number of alkyl halides is 3. The number of nitrogens with zero attached hydrogens (tertiary/aromatic N) is 3. The van der Waals surface area contributed by atoms with Crippen LogP contribution in [0.15, 0.2) is 12.1 Å². The van der Waals surface area contributed by atoms with Crippen LogP contribution in [0.5, 0.6) is 5.75 Å². The van der Waals surface area contributed by atoms with Crippen molar-refractivity contribution in [1.82, 2.24) is 20.2 Å². The average Bonchev–Trinajstić information content (AvgIpc) is 3.01. The summed E-state index contributed by atoms with van der Waals surface area (Å²) in [5, 5.41) is 2.41. The first-order chi connectivity index (χ1) is 13.1. The van der Waals surface area contributed by atoms with Gasteiger partial charge in [-0.25, -0.2) is 14.8 Å². The fourth-order valence-electron chi connectivity index (χ4n) is 2.85. The van der Waals surface area contributed by atoms with E-state index in [1.807, 2.05) is 5.32 Å². The molecule has 0 spiro atoms. The molecule has 0 aliphatic carbocycles. The van der Waals surface area contributed by atoms with E-state index in [2.05, 4.69) is 9.97 Å². The zero-order valence-electron chi connectivity index (χ0n) is 14.4. The lowest BCUT2D eigenvalue weighted by Gasteiger charge is -2.17. The Morgan fingerprint density at radius 2 is 2.04 bits per heavy atom. The molecular formula is C16H14Cl2F3N5O2. The van der Waals surface area contributed by atoms with Crippen LogP contribution >= 0.6 is 23.2 Å². The van der Waals surface area contributed by atoms with Gasteiger partial charge in [0.15, 0.2) is 0 Å². The van der Waals surface area contributed by atoms with Crippen LogP contribution in [0, 0.1) is 0 Å². The molecular weight excluding hydrogens is 422 g/mol. The highest BCUT2D eigenvalue weighted by Crippen LogP contribution is 2.42. The lowest BCUT2D eigenvalue weighted by Crippen LogP contribution is -2.41. The summed E-state index contributed by atoms with van der Waals surface area (Å²) in [7, 11) is 1.42. The number of hydrogen-bond acceptors (Lipinski definition) is 5. The predicted molar refractivity (Wildman–Crippen MR) is 97.2 cm³/mol. The van der Waals surface area contributed by atoms with Gasteiger partial charge in [-0.2, -0.15) is 13.2 Å². The number of carbonyl (C=O) groups excluding carboxylic acids is 1. The standard InChI is InChI=1S/C16H14Cl2F3N5O2/c1-28-11-3-7(17)2-9(18)12(11)13-8-4-26(5-10(8)24-14(22)25-13)15(27)23-6-16(19,20)21/h2-3H,4-6H2,1H3,(H,23,27)(H2,22,24,25). The quantitative estimate of drug-likeness (QED) is 0.767. The summed E-state index contributed by atoms with van der Waals surface area (Å²) in [5.74, 6) is 0.261. The molecule has 0 radical (unpaired) electrons. The average molecular weight is 436 g/mol. The van der Waals surface area contributed by atoms with Gasteiger partial charge in [0.25, 0.3) is 0 Å². The molecule has 0 saturated heterocycles. The highest BCUT2D eigenvalue weighted by atomic mass is 35.5. The minimum absolute atomic E-state index is 0.0171. The Hall–Kier alpha value is -2.46. The van der Waals surface area contributed by atoms with Crippen LogP contribution in [0.25, 0.3) is 11.3 Å². The van der Waals surface area contributed by atoms with Crippen molar-refractivity contribution in [3.05, 3.63) is 33.4 Å². The second-order valence-corrected chi connectivity index (χ2v) is 6.79. The number of benzene rings is 1. The Bertz CT molecular complexity index is 939. The summed E-state index contributed by atoms with van der Waals surface area (Å²) in [6.07, 6.45) is -4.51. The maximum Gasteiger partial charge on any atom is 0.405 e. The number of carbonyl (C=O) groups is 1. The minimum atomic E-state index is -4.51. The molecule has 1 aliphatic rings. The third kappa shape index (κ3) is 4.17. The summed E-state index contributed by atoms with van der Waals surface area (Å²) < 4.78 is 42.4. The smallest absolute Gasteiger partial charge is 0.405 e. The van der Waals surface area contributed by atoms with E-state index in [1.165, 1.54) is 24.1 Å². The number of methoxy groups -OCH3 is 1. The topological polar surface area (TPSA) is 93.4 Å². The van der Waals surface area contributed by atoms with Crippen molar-refractivity contribution in [3.8, 4) is 17.0 Å². The fourth-order valence-corrected chi connectivity index (χ4v) is 3.42. The molecule has 3 rings (SSSR count). The van der Waals surface area contributed by atoms with Crippen molar-refractivity contribution in [2.75, 3.05) is 19.4 Å². The molecule has 1 aromatic carbocycles. The summed E-state index contributed by atoms with van der Waals surface area (Å²) in [4.78, 5) is 21.6. The molecule has 2 aromatic rings. The third-order valence-corrected chi connectivity index (χ3v) is 4.52. The summed E-state index contributed by atoms with van der Waals surface area (Å²) >= 11 is 12.3. The number of anilines is 1. The normalized spacial score (nSPS) is 13.4. The van der Waals surface area contributed by atoms with Crippen molar-refractivity contribution in [3.63, 3.8) is 0 Å². The van der Waals surface area contributed by atoms with Gasteiger partial charge in [-0.3, -0.25) is 0 Å². The van der Waals surface area contributed by atoms with Crippen LogP contribution in [-0.2, 0) is 13.1 Å². The molecule has 2 heterocycles. The molecule has 2 amide bonds. The molecule has 12 heteroatoms. The van der Waals surface area contributed by atoms with Gasteiger partial charge in [-0.15, -0.1) is 0 Å². The van der Waals surface area contributed by atoms with Crippen LogP contribution in [-0.4, -0.2) is 40.7 Å². The SMILES string of the molecule is COc1cc(Cl)cc(Cl)c1-c1nc(N)nc2c1CN(C(=O)NCC(F)(F)F)C2. The molecule has 28 heavy (non-hydrogen) atoms. The number of halogens is 5. The molecule has 3 N–H and O–H groups in total. The van der Waals surface area contributed by atoms with Crippen molar-refractivity contribution in [2.24, 2.45) is 0 Å². The number of aromatic nitrogens is 2. The van der Waals surface area contributed by atoms with E-state index in [0.717, 1.165) is 0 Å². The first kappa shape index (κ1) is 20.3. The van der Waals surface area contributed by atoms with E-state index in [9.17, 15) is 18.0 Å². The number of ether oxygens (including phenoxy) is 1. The summed E-state index contributed by atoms with van der Waals surface area (Å²) in [6.45, 7) is -1.47. The van der Waals surface area contributed by atoms with Gasteiger partial charge in [0, 0.05) is 10.6 Å². The molecule has 0 bridgehead atoms. The van der Waals surface area contributed by atoms with E-state index < -0.39 is 18.8 Å². The van der Waals surface area contributed by atoms with Gasteiger partial charge >= 0.3 is 12.2 Å². The van der Waals surface area contributed by atoms with Crippen molar-refractivity contribution in [2.45, 2.75) is 19.3 Å². The molecule has 1 aromatic heterocycles. The van der Waals surface area contributed by atoms with Gasteiger partial charge in [-0.1, -0.05) is 23.2 Å². The van der Waals surface area contributed by atoms with Crippen LogP contribution in [0.1, 0.15) is 11.3 Å². The van der Waals surface area contributed by atoms with Crippen LogP contribution in [0.2, 0.25) is 10.0 Å². The Balaban J connectivity index is 1.97. The number of amides is 2. The minimum Gasteiger partial charge on any atom is -0.496 e. The Morgan fingerprint density at radius 3 is 2.68 bits per heavy atom. The number of nitrogen functional groups attached to an aromatic ring is 1. The molecule has 0 atom stereocenters. The number of hydrogen-bond donors (Lipinski definition) is 2. The number of nitrogens with two attached hydrogens (primary N) is 1. The summed E-state index contributed by atoms with van der Waals surface area (Å²) in [5.41, 5.74) is 7.43. The van der Waals surface area contributed by atoms with Crippen molar-refractivity contribution >= 4 is 35.2 Å². The number of rotatable bonds is 3. The largest absolute Gasteiger partial charge is 0.496 e. The van der Waals surface area contributed by atoms with Gasteiger partial charge in [0.2, 0.25) is 5.95 Å². The highest BCUT2D eigenvalue weighted by molar-refractivity contribution is 6.37. The second kappa shape index (κ2) is 7.51. The summed E-state index contributed by atoms with van der Waals surface area (Å²) in [6, 6.07) is 2.15. The number of urea groups is 1. The van der Waals surface area contributed by atoms with Crippen molar-refractivity contribution < 1.29 is 22.7 Å². The van der Waals surface area contributed by atoms with E-state index in [-0.39, 0.29) is 24.1 Å². The maximum absolute atomic E-state index is 12.4. The van der Waals surface area contributed by atoms with E-state index in [0.29, 0.717) is 33.3 Å². The van der Waals surface area contributed by atoms with Gasteiger partial charge < -0.3 is 20.7 Å². The van der Waals surface area contributed by atoms with Gasteiger partial charge in [0.1, 0.15) is 12.3 Å². The number of nitrogens with one attached hydrogen (secondary N) is 1. The molecule has 150 valence electrons. The van der Waals surface area contributed by atoms with Crippen LogP contribution < -0.4 is 15.8 Å². The molecule has 1 aliphatic heterocycles. The molecule has 0 fully saturated rings. The zero-order valence-corrected chi connectivity index (χ0v) is 15.9.